The van der Waals surface area contributed by atoms with Crippen LogP contribution in [0.5, 0.6) is 0 Å². The van der Waals surface area contributed by atoms with E-state index in [1.54, 1.807) is 0 Å². The second-order valence-corrected chi connectivity index (χ2v) is 6.03. The Bertz CT molecular complexity index is 435. The summed E-state index contributed by atoms with van der Waals surface area (Å²) in [5.41, 5.74) is 2.47. The highest BCUT2D eigenvalue weighted by atomic mass is 35.5. The molecule has 104 valence electrons. The number of rotatable bonds is 2. The van der Waals surface area contributed by atoms with Crippen molar-refractivity contribution >= 4 is 23.0 Å². The van der Waals surface area contributed by atoms with Crippen LogP contribution in [0.2, 0.25) is 5.02 Å². The SMILES string of the molecule is CN1CCN(c2ccc(N3CCCC3)c(Cl)c2)CC1. The number of hydrogen-bond acceptors (Lipinski definition) is 3. The fourth-order valence-electron chi connectivity index (χ4n) is 2.97. The van der Waals surface area contributed by atoms with Gasteiger partial charge < -0.3 is 14.7 Å². The van der Waals surface area contributed by atoms with E-state index >= 15 is 0 Å². The average molecular weight is 280 g/mol. The van der Waals surface area contributed by atoms with E-state index in [0.717, 1.165) is 44.3 Å². The zero-order valence-corrected chi connectivity index (χ0v) is 12.4. The topological polar surface area (TPSA) is 9.72 Å². The van der Waals surface area contributed by atoms with Gasteiger partial charge in [-0.25, -0.2) is 0 Å². The Morgan fingerprint density at radius 2 is 1.58 bits per heavy atom. The third-order valence-corrected chi connectivity index (χ3v) is 4.55. The van der Waals surface area contributed by atoms with Gasteiger partial charge in [-0.05, 0) is 38.1 Å². The lowest BCUT2D eigenvalue weighted by Crippen LogP contribution is -2.44. The highest BCUT2D eigenvalue weighted by molar-refractivity contribution is 6.33. The molecule has 0 atom stereocenters. The summed E-state index contributed by atoms with van der Waals surface area (Å²) < 4.78 is 0. The van der Waals surface area contributed by atoms with Gasteiger partial charge in [0.15, 0.2) is 0 Å². The summed E-state index contributed by atoms with van der Waals surface area (Å²) in [5.74, 6) is 0. The maximum Gasteiger partial charge on any atom is 0.0660 e. The molecule has 0 aliphatic carbocycles. The van der Waals surface area contributed by atoms with Crippen LogP contribution in [0.25, 0.3) is 0 Å². The fourth-order valence-corrected chi connectivity index (χ4v) is 3.27. The number of likely N-dealkylation sites (N-methyl/N-ethyl adjacent to an activating group) is 1. The van der Waals surface area contributed by atoms with Crippen molar-refractivity contribution in [2.75, 3.05) is 56.1 Å². The number of nitrogens with zero attached hydrogens (tertiary/aromatic N) is 3. The molecule has 4 heteroatoms. The maximum atomic E-state index is 6.48. The van der Waals surface area contributed by atoms with Gasteiger partial charge in [0.05, 0.1) is 10.7 Å². The van der Waals surface area contributed by atoms with Gasteiger partial charge in [0.2, 0.25) is 0 Å². The minimum atomic E-state index is 0.901. The van der Waals surface area contributed by atoms with Gasteiger partial charge in [0, 0.05) is 45.0 Å². The Morgan fingerprint density at radius 3 is 2.21 bits per heavy atom. The van der Waals surface area contributed by atoms with Gasteiger partial charge in [-0.15, -0.1) is 0 Å². The number of anilines is 2. The van der Waals surface area contributed by atoms with Crippen molar-refractivity contribution in [2.24, 2.45) is 0 Å². The van der Waals surface area contributed by atoms with E-state index < -0.39 is 0 Å². The Hall–Kier alpha value is -0.930. The minimum absolute atomic E-state index is 0.901. The van der Waals surface area contributed by atoms with Crippen LogP contribution in [-0.2, 0) is 0 Å². The van der Waals surface area contributed by atoms with Crippen LogP contribution < -0.4 is 9.80 Å². The molecule has 3 nitrogen and oxygen atoms in total. The first kappa shape index (κ1) is 13.1. The monoisotopic (exact) mass is 279 g/mol. The van der Waals surface area contributed by atoms with E-state index in [2.05, 4.69) is 39.9 Å². The zero-order chi connectivity index (χ0) is 13.2. The maximum absolute atomic E-state index is 6.48. The van der Waals surface area contributed by atoms with E-state index in [0.29, 0.717) is 0 Å². The third-order valence-electron chi connectivity index (χ3n) is 4.25. The molecule has 0 N–H and O–H groups in total. The highest BCUT2D eigenvalue weighted by Crippen LogP contribution is 2.32. The lowest BCUT2D eigenvalue weighted by Gasteiger charge is -2.34. The highest BCUT2D eigenvalue weighted by Gasteiger charge is 2.18. The van der Waals surface area contributed by atoms with Crippen molar-refractivity contribution in [1.82, 2.24) is 4.90 Å². The molecule has 1 aromatic rings. The molecule has 2 fully saturated rings. The van der Waals surface area contributed by atoms with Crippen LogP contribution in [0.3, 0.4) is 0 Å². The van der Waals surface area contributed by atoms with Crippen molar-refractivity contribution in [2.45, 2.75) is 12.8 Å². The molecule has 2 aliphatic rings. The number of hydrogen-bond donors (Lipinski definition) is 0. The van der Waals surface area contributed by atoms with Crippen LogP contribution in [0, 0.1) is 0 Å². The van der Waals surface area contributed by atoms with Gasteiger partial charge >= 0.3 is 0 Å². The summed E-state index contributed by atoms with van der Waals surface area (Å²) in [5, 5.41) is 0.901. The summed E-state index contributed by atoms with van der Waals surface area (Å²) in [6.07, 6.45) is 2.58. The molecule has 0 spiro atoms. The molecule has 19 heavy (non-hydrogen) atoms. The predicted octanol–water partition coefficient (Wildman–Crippen LogP) is 2.69. The van der Waals surface area contributed by atoms with E-state index in [4.69, 9.17) is 11.6 Å². The predicted molar refractivity (Wildman–Crippen MR) is 82.6 cm³/mol. The first-order chi connectivity index (χ1) is 9.24. The Kier molecular flexibility index (Phi) is 3.85. The van der Waals surface area contributed by atoms with Crippen LogP contribution in [-0.4, -0.2) is 51.2 Å². The largest absolute Gasteiger partial charge is 0.370 e. The number of piperazine rings is 1. The van der Waals surface area contributed by atoms with E-state index in [9.17, 15) is 0 Å². The molecule has 3 rings (SSSR count). The second kappa shape index (κ2) is 5.59. The van der Waals surface area contributed by atoms with Crippen molar-refractivity contribution in [3.05, 3.63) is 23.2 Å². The van der Waals surface area contributed by atoms with Crippen molar-refractivity contribution in [3.8, 4) is 0 Å². The van der Waals surface area contributed by atoms with Crippen LogP contribution in [0.1, 0.15) is 12.8 Å². The van der Waals surface area contributed by atoms with Crippen molar-refractivity contribution < 1.29 is 0 Å². The lowest BCUT2D eigenvalue weighted by molar-refractivity contribution is 0.313. The molecule has 0 aromatic heterocycles. The first-order valence-electron chi connectivity index (χ1n) is 7.22. The first-order valence-corrected chi connectivity index (χ1v) is 7.60. The van der Waals surface area contributed by atoms with Gasteiger partial charge in [-0.2, -0.15) is 0 Å². The van der Waals surface area contributed by atoms with Crippen LogP contribution in [0.15, 0.2) is 18.2 Å². The van der Waals surface area contributed by atoms with Crippen molar-refractivity contribution in [1.29, 1.82) is 0 Å². The molecule has 0 amide bonds. The molecule has 1 aromatic carbocycles. The quantitative estimate of drug-likeness (QED) is 0.824. The standard InChI is InChI=1S/C15H22ClN3/c1-17-8-10-18(11-9-17)13-4-5-15(14(16)12-13)19-6-2-3-7-19/h4-5,12H,2-3,6-11H2,1H3. The van der Waals surface area contributed by atoms with E-state index in [1.165, 1.54) is 24.2 Å². The average Bonchev–Trinajstić information content (AvgIpc) is 2.93. The van der Waals surface area contributed by atoms with Crippen LogP contribution >= 0.6 is 11.6 Å². The Labute approximate surface area is 120 Å². The molecular formula is C15H22ClN3. The molecule has 0 saturated carbocycles. The summed E-state index contributed by atoms with van der Waals surface area (Å²) in [4.78, 5) is 7.20. The minimum Gasteiger partial charge on any atom is -0.370 e. The second-order valence-electron chi connectivity index (χ2n) is 5.62. The fraction of sp³-hybridized carbons (Fsp3) is 0.600. The van der Waals surface area contributed by atoms with Crippen molar-refractivity contribution in [3.63, 3.8) is 0 Å². The van der Waals surface area contributed by atoms with Crippen LogP contribution in [0.4, 0.5) is 11.4 Å². The molecule has 2 heterocycles. The summed E-state index contributed by atoms with van der Waals surface area (Å²) in [6, 6.07) is 6.56. The van der Waals surface area contributed by atoms with E-state index in [-0.39, 0.29) is 0 Å². The molecule has 0 unspecified atom stereocenters. The van der Waals surface area contributed by atoms with Gasteiger partial charge in [-0.1, -0.05) is 11.6 Å². The summed E-state index contributed by atoms with van der Waals surface area (Å²) in [6.45, 7) is 6.74. The van der Waals surface area contributed by atoms with Gasteiger partial charge in [-0.3, -0.25) is 0 Å². The molecule has 2 saturated heterocycles. The lowest BCUT2D eigenvalue weighted by atomic mass is 10.2. The number of benzene rings is 1. The molecule has 0 bridgehead atoms. The van der Waals surface area contributed by atoms with E-state index in [1.807, 2.05) is 0 Å². The molecule has 2 aliphatic heterocycles. The Balaban J connectivity index is 1.75. The summed E-state index contributed by atoms with van der Waals surface area (Å²) >= 11 is 6.48. The smallest absolute Gasteiger partial charge is 0.0660 e. The molecular weight excluding hydrogens is 258 g/mol. The normalized spacial score (nSPS) is 21.2. The summed E-state index contributed by atoms with van der Waals surface area (Å²) in [7, 11) is 2.18. The zero-order valence-electron chi connectivity index (χ0n) is 11.6. The van der Waals surface area contributed by atoms with Gasteiger partial charge in [0.1, 0.15) is 0 Å². The molecule has 0 radical (unpaired) electrons. The Morgan fingerprint density at radius 1 is 0.895 bits per heavy atom. The van der Waals surface area contributed by atoms with Gasteiger partial charge in [0.25, 0.3) is 0 Å². The number of halogens is 1. The third kappa shape index (κ3) is 2.82.